The van der Waals surface area contributed by atoms with Crippen LogP contribution in [0, 0.1) is 13.8 Å². The summed E-state index contributed by atoms with van der Waals surface area (Å²) >= 11 is 0. The number of aromatic nitrogens is 4. The van der Waals surface area contributed by atoms with E-state index in [-0.39, 0.29) is 5.91 Å². The van der Waals surface area contributed by atoms with Crippen LogP contribution in [-0.2, 0) is 9.53 Å². The van der Waals surface area contributed by atoms with Gasteiger partial charge in [0.1, 0.15) is 6.33 Å². The molecule has 0 unspecified atom stereocenters. The van der Waals surface area contributed by atoms with Crippen molar-refractivity contribution in [2.45, 2.75) is 58.8 Å². The average molecular weight is 531 g/mol. The second-order valence-electron chi connectivity index (χ2n) is 11.4. The number of amides is 1. The molecule has 39 heavy (non-hydrogen) atoms. The molecular weight excluding hydrogens is 488 g/mol. The first-order valence-corrected chi connectivity index (χ1v) is 14.2. The van der Waals surface area contributed by atoms with E-state index in [0.717, 1.165) is 50.2 Å². The number of carbonyl (C=O) groups is 1. The number of nitrogens with zero attached hydrogens (tertiary/aromatic N) is 5. The third-order valence-electron chi connectivity index (χ3n) is 8.54. The lowest BCUT2D eigenvalue weighted by Crippen LogP contribution is -2.39. The second kappa shape index (κ2) is 11.5. The highest BCUT2D eigenvalue weighted by Gasteiger charge is 2.25. The molecule has 0 spiro atoms. The van der Waals surface area contributed by atoms with Crippen molar-refractivity contribution in [3.63, 3.8) is 0 Å². The Hall–Kier alpha value is -3.23. The van der Waals surface area contributed by atoms with E-state index >= 15 is 0 Å². The zero-order valence-corrected chi connectivity index (χ0v) is 24.3. The molecule has 0 atom stereocenters. The summed E-state index contributed by atoms with van der Waals surface area (Å²) in [5.74, 6) is 1.09. The fourth-order valence-corrected chi connectivity index (χ4v) is 6.02. The summed E-state index contributed by atoms with van der Waals surface area (Å²) in [6.45, 7) is 12.8. The molecule has 208 valence electrons. The molecule has 0 saturated carbocycles. The van der Waals surface area contributed by atoms with Gasteiger partial charge >= 0.3 is 0 Å². The van der Waals surface area contributed by atoms with Gasteiger partial charge in [0.15, 0.2) is 5.65 Å². The number of fused-ring (bicyclic) bond motifs is 2. The molecule has 4 heterocycles. The molecule has 1 fully saturated rings. The van der Waals surface area contributed by atoms with Crippen LogP contribution in [0.2, 0.25) is 0 Å². The Balaban J connectivity index is 1.35. The summed E-state index contributed by atoms with van der Waals surface area (Å²) in [5.41, 5.74) is 9.52. The Kier molecular flexibility index (Phi) is 8.05. The van der Waals surface area contributed by atoms with Crippen molar-refractivity contribution < 1.29 is 9.53 Å². The Labute approximate surface area is 231 Å². The number of pyridine rings is 1. The zero-order chi connectivity index (χ0) is 27.7. The van der Waals surface area contributed by atoms with E-state index in [1.807, 2.05) is 11.6 Å². The molecule has 0 bridgehead atoms. The number of H-pyrrole nitrogens is 1. The number of nitrogens with one attached hydrogen (secondary N) is 1. The van der Waals surface area contributed by atoms with Crippen LogP contribution in [0.15, 0.2) is 30.7 Å². The molecule has 1 N–H and O–H groups in total. The predicted octanol–water partition coefficient (Wildman–Crippen LogP) is 5.29. The first-order chi connectivity index (χ1) is 18.8. The first kappa shape index (κ1) is 27.3. The zero-order valence-electron chi connectivity index (χ0n) is 24.3. The third kappa shape index (κ3) is 5.45. The number of likely N-dealkylation sites (N-methyl/N-ethyl adjacent to an activating group) is 1. The van der Waals surface area contributed by atoms with Crippen LogP contribution in [0.1, 0.15) is 67.2 Å². The van der Waals surface area contributed by atoms with Crippen molar-refractivity contribution in [1.82, 2.24) is 29.4 Å². The van der Waals surface area contributed by atoms with Gasteiger partial charge in [0.05, 0.1) is 12.3 Å². The molecule has 1 aromatic carbocycles. The normalized spacial score (nSPS) is 14.9. The van der Waals surface area contributed by atoms with Crippen molar-refractivity contribution in [1.29, 1.82) is 0 Å². The highest BCUT2D eigenvalue weighted by Crippen LogP contribution is 2.40. The van der Waals surface area contributed by atoms with Gasteiger partial charge in [-0.3, -0.25) is 4.79 Å². The molecule has 0 radical (unpaired) electrons. The van der Waals surface area contributed by atoms with Gasteiger partial charge < -0.3 is 19.5 Å². The number of likely N-dealkylation sites (tertiary alicyclic amines) is 1. The van der Waals surface area contributed by atoms with E-state index in [1.165, 1.54) is 38.9 Å². The van der Waals surface area contributed by atoms with Crippen molar-refractivity contribution in [3.05, 3.63) is 53.0 Å². The maximum absolute atomic E-state index is 12.8. The molecule has 1 saturated heterocycles. The molecule has 5 rings (SSSR count). The van der Waals surface area contributed by atoms with Gasteiger partial charge in [0.2, 0.25) is 5.91 Å². The number of benzene rings is 1. The number of hydrogen-bond acceptors (Lipinski definition) is 5. The molecule has 3 aromatic heterocycles. The largest absolute Gasteiger partial charge is 0.383 e. The van der Waals surface area contributed by atoms with Crippen LogP contribution < -0.4 is 0 Å². The molecule has 4 aromatic rings. The Morgan fingerprint density at radius 1 is 1.18 bits per heavy atom. The van der Waals surface area contributed by atoms with Gasteiger partial charge in [-0.15, -0.1) is 0 Å². The average Bonchev–Trinajstić information content (AvgIpc) is 3.57. The van der Waals surface area contributed by atoms with Crippen LogP contribution >= 0.6 is 0 Å². The number of carbonyl (C=O) groups excluding carboxylic acids is 1. The van der Waals surface area contributed by atoms with E-state index in [0.29, 0.717) is 24.9 Å². The van der Waals surface area contributed by atoms with Crippen LogP contribution in [0.5, 0.6) is 0 Å². The maximum atomic E-state index is 12.8. The number of rotatable bonds is 9. The Bertz CT molecular complexity index is 1460. The van der Waals surface area contributed by atoms with Crippen LogP contribution in [0.25, 0.3) is 27.8 Å². The minimum absolute atomic E-state index is 0.264. The second-order valence-corrected chi connectivity index (χ2v) is 11.4. The smallest absolute Gasteiger partial charge is 0.223 e. The molecule has 8 heteroatoms. The Morgan fingerprint density at radius 2 is 1.95 bits per heavy atom. The van der Waals surface area contributed by atoms with Crippen molar-refractivity contribution >= 4 is 22.5 Å². The van der Waals surface area contributed by atoms with Crippen LogP contribution in [0.3, 0.4) is 0 Å². The van der Waals surface area contributed by atoms with E-state index in [4.69, 9.17) is 4.74 Å². The van der Waals surface area contributed by atoms with Gasteiger partial charge in [-0.2, -0.15) is 5.10 Å². The summed E-state index contributed by atoms with van der Waals surface area (Å²) in [5, 5.41) is 5.71. The third-order valence-corrected chi connectivity index (χ3v) is 8.54. The summed E-state index contributed by atoms with van der Waals surface area (Å²) < 4.78 is 7.02. The highest BCUT2D eigenvalue weighted by molar-refractivity contribution is 5.92. The lowest BCUT2D eigenvalue weighted by molar-refractivity contribution is -0.132. The summed E-state index contributed by atoms with van der Waals surface area (Å²) in [6, 6.07) is 6.91. The maximum Gasteiger partial charge on any atom is 0.223 e. The van der Waals surface area contributed by atoms with Gasteiger partial charge in [-0.1, -0.05) is 19.9 Å². The van der Waals surface area contributed by atoms with E-state index in [1.54, 1.807) is 13.4 Å². The van der Waals surface area contributed by atoms with Gasteiger partial charge in [-0.05, 0) is 80.0 Å². The SMILES string of the molecule is COCCN(C)CCC(=O)N1CCC(c2ccc3[nH]c(-c4cn5ncnc5c(C)c4C)c(C(C)C)c3c2)CC1. The summed E-state index contributed by atoms with van der Waals surface area (Å²) in [4.78, 5) is 25.2. The van der Waals surface area contributed by atoms with Gasteiger partial charge in [-0.25, -0.2) is 9.50 Å². The number of ether oxygens (including phenoxy) is 1. The number of piperidine rings is 1. The number of aryl methyl sites for hydroxylation is 1. The van der Waals surface area contributed by atoms with E-state index < -0.39 is 0 Å². The topological polar surface area (TPSA) is 78.8 Å². The van der Waals surface area contributed by atoms with E-state index in [9.17, 15) is 4.79 Å². The molecule has 1 amide bonds. The molecule has 0 aliphatic carbocycles. The fraction of sp³-hybridized carbons (Fsp3) is 0.516. The predicted molar refractivity (Wildman–Crippen MR) is 156 cm³/mol. The minimum atomic E-state index is 0.264. The van der Waals surface area contributed by atoms with Crippen LogP contribution in [0.4, 0.5) is 0 Å². The molecule has 1 aliphatic heterocycles. The Morgan fingerprint density at radius 3 is 2.67 bits per heavy atom. The number of hydrogen-bond donors (Lipinski definition) is 1. The van der Waals surface area contributed by atoms with E-state index in [2.05, 4.69) is 77.0 Å². The van der Waals surface area contributed by atoms with Gasteiger partial charge in [0.25, 0.3) is 0 Å². The monoisotopic (exact) mass is 530 g/mol. The standard InChI is InChI=1S/C31H42N6O2/c1-20(2)29-25-17-24(23-9-13-36(14-10-23)28(38)11-12-35(5)15-16-39-6)7-8-27(25)34-30(29)26-18-37-31(32-19-33-37)22(4)21(26)3/h7-8,17-20,23,34H,9-16H2,1-6H3. The fourth-order valence-electron chi connectivity index (χ4n) is 6.02. The number of aromatic amines is 1. The lowest BCUT2D eigenvalue weighted by Gasteiger charge is -2.33. The number of methoxy groups -OCH3 is 1. The lowest BCUT2D eigenvalue weighted by atomic mass is 9.87. The quantitative estimate of drug-likeness (QED) is 0.318. The van der Waals surface area contributed by atoms with Crippen molar-refractivity contribution in [3.8, 4) is 11.3 Å². The molecule has 1 aliphatic rings. The van der Waals surface area contributed by atoms with Crippen LogP contribution in [-0.4, -0.2) is 82.2 Å². The first-order valence-electron chi connectivity index (χ1n) is 14.2. The molecule has 8 nitrogen and oxygen atoms in total. The summed E-state index contributed by atoms with van der Waals surface area (Å²) in [7, 11) is 3.75. The van der Waals surface area contributed by atoms with Crippen molar-refractivity contribution in [2.75, 3.05) is 46.9 Å². The van der Waals surface area contributed by atoms with Gasteiger partial charge in [0, 0.05) is 62.4 Å². The summed E-state index contributed by atoms with van der Waals surface area (Å²) in [6.07, 6.45) is 6.30. The molecular formula is C31H42N6O2. The minimum Gasteiger partial charge on any atom is -0.383 e. The van der Waals surface area contributed by atoms with Crippen molar-refractivity contribution in [2.24, 2.45) is 0 Å². The highest BCUT2D eigenvalue weighted by atomic mass is 16.5.